The van der Waals surface area contributed by atoms with Crippen molar-refractivity contribution in [3.63, 3.8) is 0 Å². The van der Waals surface area contributed by atoms with E-state index < -0.39 is 11.2 Å². The molecule has 2 aliphatic carbocycles. The van der Waals surface area contributed by atoms with Crippen LogP contribution in [-0.4, -0.2) is 45.7 Å². The third-order valence-electron chi connectivity index (χ3n) is 9.44. The monoisotopic (exact) mass is 642 g/mol. The summed E-state index contributed by atoms with van der Waals surface area (Å²) in [5, 5.41) is 21.5. The van der Waals surface area contributed by atoms with Crippen LogP contribution in [0.5, 0.6) is 0 Å². The quantitative estimate of drug-likeness (QED) is 0.113. The topological polar surface area (TPSA) is 76.0 Å². The molecule has 0 bridgehead atoms. The highest BCUT2D eigenvalue weighted by molar-refractivity contribution is 5.66. The minimum absolute atomic E-state index is 0.0621. The van der Waals surface area contributed by atoms with Crippen molar-refractivity contribution >= 4 is 5.97 Å². The zero-order chi connectivity index (χ0) is 35.2. The van der Waals surface area contributed by atoms with E-state index in [2.05, 4.69) is 104 Å². The normalized spacial score (nSPS) is 31.7. The molecule has 2 N–H and O–H groups in total. The van der Waals surface area contributed by atoms with Crippen molar-refractivity contribution in [1.29, 1.82) is 0 Å². The lowest BCUT2D eigenvalue weighted by atomic mass is 9.65. The van der Waals surface area contributed by atoms with Gasteiger partial charge in [0.05, 0.1) is 23.4 Å². The van der Waals surface area contributed by atoms with E-state index in [1.165, 1.54) is 12.5 Å². The number of allylic oxidation sites excluding steroid dienone is 13. The average Bonchev–Trinajstić information content (AvgIpc) is 3.27. The zero-order valence-electron chi connectivity index (χ0n) is 30.6. The van der Waals surface area contributed by atoms with Gasteiger partial charge >= 0.3 is 5.97 Å². The first-order chi connectivity index (χ1) is 21.7. The van der Waals surface area contributed by atoms with Crippen LogP contribution in [-0.2, 0) is 14.3 Å². The molecule has 2 saturated carbocycles. The molecule has 47 heavy (non-hydrogen) atoms. The fourth-order valence-corrected chi connectivity index (χ4v) is 7.49. The zero-order valence-corrected chi connectivity index (χ0v) is 30.6. The summed E-state index contributed by atoms with van der Waals surface area (Å²) >= 11 is 0. The molecule has 5 heteroatoms. The van der Waals surface area contributed by atoms with Gasteiger partial charge in [0.2, 0.25) is 0 Å². The lowest BCUT2D eigenvalue weighted by Gasteiger charge is -2.44. The summed E-state index contributed by atoms with van der Waals surface area (Å²) in [5.74, 6) is -0.318. The van der Waals surface area contributed by atoms with Crippen LogP contribution in [0.15, 0.2) is 112 Å². The van der Waals surface area contributed by atoms with Crippen LogP contribution in [0.1, 0.15) is 102 Å². The molecule has 0 aromatic heterocycles. The highest BCUT2D eigenvalue weighted by Crippen LogP contribution is 2.52. The number of aliphatic hydroxyl groups is 2. The van der Waals surface area contributed by atoms with Crippen molar-refractivity contribution in [2.75, 3.05) is 0 Å². The standard InChI is InChI=1S/C42H58O5/c1-29(18-14-19-31(3)22-23-37-40(8,9)27-35(46-33(5)43)28-41(37,10)45)16-12-13-17-30(2)20-15-21-32(4)36-24-38-39(6,7)25-34(44)26-42(38,11)47-36/h12-22,24,34-36,44-45H,25-28H2,1-11H3/b13-12+,18-14+,20-15+,29-16+,30-17+,31-19+,32-21+/t23?,34-,35-,36-,41+,42+/m0/s1. The maximum Gasteiger partial charge on any atom is 0.302 e. The van der Waals surface area contributed by atoms with Crippen molar-refractivity contribution in [3.05, 3.63) is 112 Å². The van der Waals surface area contributed by atoms with E-state index in [1.54, 1.807) is 6.92 Å². The molecule has 0 saturated heterocycles. The Kier molecular flexibility index (Phi) is 12.5. The molecule has 3 rings (SSSR count). The number of hydrogen-bond acceptors (Lipinski definition) is 5. The van der Waals surface area contributed by atoms with E-state index in [0.717, 1.165) is 34.3 Å². The third-order valence-corrected chi connectivity index (χ3v) is 9.44. The van der Waals surface area contributed by atoms with Gasteiger partial charge in [-0.25, -0.2) is 0 Å². The second-order valence-electron chi connectivity index (χ2n) is 15.5. The summed E-state index contributed by atoms with van der Waals surface area (Å²) in [5.41, 5.74) is 8.03. The first kappa shape index (κ1) is 38.2. The SMILES string of the molecule is CC(=O)O[C@H]1CC(C)(C)C(=C=C/C(C)=C/C=C/C(C)=C/C=C/C=C(C)/C=C/C=C(\C)[C@@H]2C=C3C(C)(C)C[C@H](O)C[C@@]3(C)O2)[C@](C)(O)C1. The molecule has 2 fully saturated rings. The maximum atomic E-state index is 11.5. The Labute approximate surface area is 284 Å². The molecule has 0 unspecified atom stereocenters. The van der Waals surface area contributed by atoms with Crippen LogP contribution in [0.2, 0.25) is 0 Å². The van der Waals surface area contributed by atoms with E-state index >= 15 is 0 Å². The molecule has 1 heterocycles. The molecule has 0 spiro atoms. The fourth-order valence-electron chi connectivity index (χ4n) is 7.49. The van der Waals surface area contributed by atoms with Gasteiger partial charge in [-0.15, -0.1) is 5.73 Å². The largest absolute Gasteiger partial charge is 0.462 e. The highest BCUT2D eigenvalue weighted by Gasteiger charge is 2.50. The molecular formula is C42H58O5. The number of ether oxygens (including phenoxy) is 2. The fraction of sp³-hybridized carbons (Fsp3) is 0.524. The Hall–Kier alpha value is -3.21. The van der Waals surface area contributed by atoms with E-state index in [-0.39, 0.29) is 35.1 Å². The Balaban J connectivity index is 1.56. The predicted octanol–water partition coefficient (Wildman–Crippen LogP) is 9.29. The Morgan fingerprint density at radius 2 is 1.38 bits per heavy atom. The van der Waals surface area contributed by atoms with Gasteiger partial charge in [-0.3, -0.25) is 4.79 Å². The van der Waals surface area contributed by atoms with Crippen molar-refractivity contribution in [2.45, 2.75) is 131 Å². The molecule has 5 nitrogen and oxygen atoms in total. The van der Waals surface area contributed by atoms with Gasteiger partial charge in [-0.1, -0.05) is 99.6 Å². The van der Waals surface area contributed by atoms with Gasteiger partial charge in [-0.05, 0) is 94.1 Å². The molecule has 0 aromatic rings. The van der Waals surface area contributed by atoms with E-state index in [4.69, 9.17) is 9.47 Å². The first-order valence-electron chi connectivity index (χ1n) is 16.9. The smallest absolute Gasteiger partial charge is 0.302 e. The number of fused-ring (bicyclic) bond motifs is 1. The van der Waals surface area contributed by atoms with Crippen LogP contribution >= 0.6 is 0 Å². The summed E-state index contributed by atoms with van der Waals surface area (Å²) in [6, 6.07) is 0. The summed E-state index contributed by atoms with van der Waals surface area (Å²) in [6.07, 6.45) is 26.5. The Morgan fingerprint density at radius 3 is 1.96 bits per heavy atom. The van der Waals surface area contributed by atoms with Crippen molar-refractivity contribution in [2.24, 2.45) is 10.8 Å². The summed E-state index contributed by atoms with van der Waals surface area (Å²) in [4.78, 5) is 11.5. The van der Waals surface area contributed by atoms with E-state index in [9.17, 15) is 15.0 Å². The number of rotatable bonds is 9. The van der Waals surface area contributed by atoms with E-state index in [1.807, 2.05) is 37.3 Å². The van der Waals surface area contributed by atoms with Crippen molar-refractivity contribution < 1.29 is 24.5 Å². The van der Waals surface area contributed by atoms with Crippen LogP contribution in [0.4, 0.5) is 0 Å². The van der Waals surface area contributed by atoms with Gasteiger partial charge < -0.3 is 19.7 Å². The van der Waals surface area contributed by atoms with Crippen molar-refractivity contribution in [3.8, 4) is 0 Å². The lowest BCUT2D eigenvalue weighted by Crippen LogP contribution is -2.46. The van der Waals surface area contributed by atoms with Crippen LogP contribution < -0.4 is 0 Å². The lowest BCUT2D eigenvalue weighted by molar-refractivity contribution is -0.152. The number of esters is 1. The Bertz CT molecular complexity index is 1470. The summed E-state index contributed by atoms with van der Waals surface area (Å²) in [7, 11) is 0. The highest BCUT2D eigenvalue weighted by atomic mass is 16.5. The Morgan fingerprint density at radius 1 is 0.809 bits per heavy atom. The van der Waals surface area contributed by atoms with Crippen molar-refractivity contribution in [1.82, 2.24) is 0 Å². The average molecular weight is 643 g/mol. The minimum atomic E-state index is -1.10. The van der Waals surface area contributed by atoms with Gasteiger partial charge in [0.25, 0.3) is 0 Å². The minimum Gasteiger partial charge on any atom is -0.462 e. The van der Waals surface area contributed by atoms with E-state index in [0.29, 0.717) is 19.3 Å². The summed E-state index contributed by atoms with van der Waals surface area (Å²) in [6.45, 7) is 22.1. The number of carbonyl (C=O) groups excluding carboxylic acids is 1. The molecule has 0 amide bonds. The van der Waals surface area contributed by atoms with Gasteiger partial charge in [0, 0.05) is 25.3 Å². The predicted molar refractivity (Wildman–Crippen MR) is 194 cm³/mol. The van der Waals surface area contributed by atoms with Gasteiger partial charge in [0.1, 0.15) is 6.10 Å². The number of aliphatic hydroxyl groups excluding tert-OH is 1. The molecule has 0 aromatic carbocycles. The molecule has 5 atom stereocenters. The first-order valence-corrected chi connectivity index (χ1v) is 16.9. The van der Waals surface area contributed by atoms with Crippen LogP contribution in [0.25, 0.3) is 0 Å². The molecule has 3 aliphatic rings. The second-order valence-corrected chi connectivity index (χ2v) is 15.5. The van der Waals surface area contributed by atoms with Crippen LogP contribution in [0.3, 0.4) is 0 Å². The second kappa shape index (κ2) is 15.3. The maximum absolute atomic E-state index is 11.5. The molecule has 256 valence electrons. The van der Waals surface area contributed by atoms with Gasteiger partial charge in [-0.2, -0.15) is 0 Å². The molecule has 0 radical (unpaired) electrons. The number of carbonyl (C=O) groups is 1. The molecule has 1 aliphatic heterocycles. The number of hydrogen-bond donors (Lipinski definition) is 2. The molecular weight excluding hydrogens is 584 g/mol. The van der Waals surface area contributed by atoms with Crippen LogP contribution in [0, 0.1) is 10.8 Å². The third kappa shape index (κ3) is 10.6. The van der Waals surface area contributed by atoms with Gasteiger partial charge in [0.15, 0.2) is 0 Å². The summed E-state index contributed by atoms with van der Waals surface area (Å²) < 4.78 is 11.9.